The molecule has 0 radical (unpaired) electrons. The van der Waals surface area contributed by atoms with E-state index >= 15 is 0 Å². The molecule has 0 aromatic heterocycles. The Kier molecular flexibility index (Phi) is 2.16. The van der Waals surface area contributed by atoms with E-state index in [1.165, 1.54) is 25.8 Å². The maximum Gasteiger partial charge on any atom is 0.0275 e. The van der Waals surface area contributed by atoms with Gasteiger partial charge in [-0.3, -0.25) is 0 Å². The molecule has 13 heavy (non-hydrogen) atoms. The summed E-state index contributed by atoms with van der Waals surface area (Å²) >= 11 is 0. The summed E-state index contributed by atoms with van der Waals surface area (Å²) in [5.41, 5.74) is 0.315. The van der Waals surface area contributed by atoms with E-state index in [9.17, 15) is 0 Å². The summed E-state index contributed by atoms with van der Waals surface area (Å²) in [6.07, 6.45) is 4.24. The predicted molar refractivity (Wildman–Crippen MR) is 55.4 cm³/mol. The zero-order valence-corrected chi connectivity index (χ0v) is 9.38. The highest BCUT2D eigenvalue weighted by molar-refractivity contribution is 4.98. The van der Waals surface area contributed by atoms with Crippen LogP contribution in [-0.4, -0.2) is 34.2 Å². The van der Waals surface area contributed by atoms with Gasteiger partial charge in [-0.15, -0.1) is 0 Å². The quantitative estimate of drug-likeness (QED) is 0.614. The summed E-state index contributed by atoms with van der Waals surface area (Å²) in [6.45, 7) is 10.4. The van der Waals surface area contributed by atoms with E-state index in [-0.39, 0.29) is 0 Å². The molecule has 0 aromatic carbocycles. The third kappa shape index (κ3) is 1.40. The van der Waals surface area contributed by atoms with Crippen molar-refractivity contribution in [1.29, 1.82) is 0 Å². The van der Waals surface area contributed by atoms with Crippen molar-refractivity contribution in [2.75, 3.05) is 6.54 Å². The fourth-order valence-electron chi connectivity index (χ4n) is 3.16. The van der Waals surface area contributed by atoms with Gasteiger partial charge in [-0.2, -0.15) is 0 Å². The third-order valence-electron chi connectivity index (χ3n) is 3.43. The van der Waals surface area contributed by atoms with Crippen LogP contribution in [-0.2, 0) is 0 Å². The summed E-state index contributed by atoms with van der Waals surface area (Å²) < 4.78 is 0. The lowest BCUT2D eigenvalue weighted by Crippen LogP contribution is -2.55. The minimum Gasteiger partial charge on any atom is -0.238 e. The Balaban J connectivity index is 2.18. The first-order valence-electron chi connectivity index (χ1n) is 5.60. The van der Waals surface area contributed by atoms with Crippen LogP contribution in [0.1, 0.15) is 47.0 Å². The molecule has 1 saturated heterocycles. The molecular weight excluding hydrogens is 160 g/mol. The van der Waals surface area contributed by atoms with Gasteiger partial charge in [-0.1, -0.05) is 6.92 Å². The molecule has 2 atom stereocenters. The number of nitrogens with zero attached hydrogens (tertiary/aromatic N) is 2. The van der Waals surface area contributed by atoms with Crippen molar-refractivity contribution >= 4 is 0 Å². The molecule has 1 saturated carbocycles. The van der Waals surface area contributed by atoms with Crippen LogP contribution in [0.3, 0.4) is 0 Å². The van der Waals surface area contributed by atoms with Gasteiger partial charge in [0.05, 0.1) is 0 Å². The highest BCUT2D eigenvalue weighted by Crippen LogP contribution is 2.41. The highest BCUT2D eigenvalue weighted by atomic mass is 15.7. The van der Waals surface area contributed by atoms with Crippen molar-refractivity contribution in [2.24, 2.45) is 0 Å². The van der Waals surface area contributed by atoms with Crippen molar-refractivity contribution in [1.82, 2.24) is 10.0 Å². The standard InChI is InChI=1S/C11H22N2/c1-5-12-9-6-7-10(8-9)13(12)11(2,3)4/h9-10H,5-8H2,1-4H3/t9-,10+/m1/s1. The smallest absolute Gasteiger partial charge is 0.0275 e. The molecule has 2 bridgehead atoms. The molecule has 1 aliphatic carbocycles. The van der Waals surface area contributed by atoms with E-state index in [4.69, 9.17) is 0 Å². The van der Waals surface area contributed by atoms with Crippen molar-refractivity contribution in [2.45, 2.75) is 64.6 Å². The van der Waals surface area contributed by atoms with Crippen molar-refractivity contribution in [3.8, 4) is 0 Å². The van der Waals surface area contributed by atoms with Gasteiger partial charge in [-0.25, -0.2) is 10.0 Å². The maximum atomic E-state index is 2.63. The number of hydrogen-bond donors (Lipinski definition) is 0. The first-order valence-corrected chi connectivity index (χ1v) is 5.60. The molecule has 0 unspecified atom stereocenters. The predicted octanol–water partition coefficient (Wildman–Crippen LogP) is 2.26. The molecule has 1 aliphatic heterocycles. The first kappa shape index (κ1) is 9.47. The summed E-state index contributed by atoms with van der Waals surface area (Å²) in [7, 11) is 0. The van der Waals surface area contributed by atoms with E-state index in [1.807, 2.05) is 0 Å². The average Bonchev–Trinajstić information content (AvgIpc) is 2.59. The number of hydrogen-bond acceptors (Lipinski definition) is 2. The second-order valence-corrected chi connectivity index (χ2v) is 5.39. The van der Waals surface area contributed by atoms with Gasteiger partial charge in [-0.05, 0) is 40.0 Å². The van der Waals surface area contributed by atoms with Gasteiger partial charge >= 0.3 is 0 Å². The lowest BCUT2D eigenvalue weighted by molar-refractivity contribution is -0.110. The van der Waals surface area contributed by atoms with Crippen LogP contribution >= 0.6 is 0 Å². The fourth-order valence-corrected chi connectivity index (χ4v) is 3.16. The van der Waals surface area contributed by atoms with Crippen molar-refractivity contribution < 1.29 is 0 Å². The van der Waals surface area contributed by atoms with Gasteiger partial charge < -0.3 is 0 Å². The Morgan fingerprint density at radius 3 is 2.23 bits per heavy atom. The van der Waals surface area contributed by atoms with Crippen LogP contribution in [0, 0.1) is 0 Å². The SMILES string of the molecule is CCN1[C@@H]2CC[C@@H](C2)N1C(C)(C)C. The van der Waals surface area contributed by atoms with Crippen LogP contribution in [0.2, 0.25) is 0 Å². The Morgan fingerprint density at radius 1 is 1.15 bits per heavy atom. The fraction of sp³-hybridized carbons (Fsp3) is 1.00. The Hall–Kier alpha value is -0.0800. The van der Waals surface area contributed by atoms with E-state index in [2.05, 4.69) is 37.7 Å². The lowest BCUT2D eigenvalue weighted by atomic mass is 10.1. The van der Waals surface area contributed by atoms with Gasteiger partial charge in [0.1, 0.15) is 0 Å². The Morgan fingerprint density at radius 2 is 1.77 bits per heavy atom. The number of fused-ring (bicyclic) bond motifs is 2. The maximum absolute atomic E-state index is 2.63. The van der Waals surface area contributed by atoms with Crippen molar-refractivity contribution in [3.63, 3.8) is 0 Å². The average molecular weight is 182 g/mol. The van der Waals surface area contributed by atoms with E-state index in [1.54, 1.807) is 0 Å². The van der Waals surface area contributed by atoms with Gasteiger partial charge in [0.25, 0.3) is 0 Å². The second-order valence-electron chi connectivity index (χ2n) is 5.39. The third-order valence-corrected chi connectivity index (χ3v) is 3.43. The molecule has 2 heteroatoms. The molecule has 1 heterocycles. The molecule has 0 spiro atoms. The van der Waals surface area contributed by atoms with Gasteiger partial charge in [0, 0.05) is 24.2 Å². The summed E-state index contributed by atoms with van der Waals surface area (Å²) in [4.78, 5) is 0. The minimum atomic E-state index is 0.315. The zero-order chi connectivity index (χ0) is 9.64. The Bertz CT molecular complexity index is 195. The molecule has 76 valence electrons. The minimum absolute atomic E-state index is 0.315. The van der Waals surface area contributed by atoms with E-state index in [0.29, 0.717) is 5.54 Å². The van der Waals surface area contributed by atoms with Gasteiger partial charge in [0.15, 0.2) is 0 Å². The monoisotopic (exact) mass is 182 g/mol. The van der Waals surface area contributed by atoms with E-state index in [0.717, 1.165) is 12.1 Å². The largest absolute Gasteiger partial charge is 0.238 e. The molecule has 2 rings (SSSR count). The van der Waals surface area contributed by atoms with Gasteiger partial charge in [0.2, 0.25) is 0 Å². The molecule has 2 fully saturated rings. The topological polar surface area (TPSA) is 6.48 Å². The second kappa shape index (κ2) is 2.96. The normalized spacial score (nSPS) is 36.0. The lowest BCUT2D eigenvalue weighted by Gasteiger charge is -2.46. The van der Waals surface area contributed by atoms with Crippen LogP contribution < -0.4 is 0 Å². The highest BCUT2D eigenvalue weighted by Gasteiger charge is 2.47. The van der Waals surface area contributed by atoms with Crippen LogP contribution in [0.5, 0.6) is 0 Å². The molecule has 2 aliphatic rings. The first-order chi connectivity index (χ1) is 6.04. The number of hydrazine groups is 1. The summed E-state index contributed by atoms with van der Waals surface area (Å²) in [5, 5.41) is 5.22. The zero-order valence-electron chi connectivity index (χ0n) is 9.38. The molecule has 0 N–H and O–H groups in total. The van der Waals surface area contributed by atoms with Crippen LogP contribution in [0.15, 0.2) is 0 Å². The molecular formula is C11H22N2. The molecule has 2 nitrogen and oxygen atoms in total. The molecule has 0 aromatic rings. The van der Waals surface area contributed by atoms with Crippen molar-refractivity contribution in [3.05, 3.63) is 0 Å². The number of rotatable bonds is 1. The Labute approximate surface area is 81.9 Å². The van der Waals surface area contributed by atoms with Crippen LogP contribution in [0.25, 0.3) is 0 Å². The molecule has 0 amide bonds. The van der Waals surface area contributed by atoms with Crippen LogP contribution in [0.4, 0.5) is 0 Å². The van der Waals surface area contributed by atoms with E-state index < -0.39 is 0 Å². The summed E-state index contributed by atoms with van der Waals surface area (Å²) in [6, 6.07) is 1.69. The summed E-state index contributed by atoms with van der Waals surface area (Å²) in [5.74, 6) is 0.